The highest BCUT2D eigenvalue weighted by molar-refractivity contribution is 5.46. The lowest BCUT2D eigenvalue weighted by atomic mass is 10.3. The minimum Gasteiger partial charge on any atom is -0.355 e. The van der Waals surface area contributed by atoms with Gasteiger partial charge in [-0.2, -0.15) is 0 Å². The normalized spacial score (nSPS) is 14.9. The Morgan fingerprint density at radius 1 is 0.760 bits per heavy atom. The van der Waals surface area contributed by atoms with E-state index in [4.69, 9.17) is 0 Å². The fourth-order valence-electron chi connectivity index (χ4n) is 2.72. The average molecular weight is 344 g/mol. The Hall–Kier alpha value is -3.30. The van der Waals surface area contributed by atoms with E-state index in [1.54, 1.807) is 12.1 Å². The SMILES string of the molecule is O=[N+]([O-])c1ccc(N2CCCN(c3ccc([N+](=O)[O-])cn3)CC2)nc1. The molecular weight excluding hydrogens is 328 g/mol. The van der Waals surface area contributed by atoms with Crippen molar-refractivity contribution >= 4 is 23.0 Å². The number of nitro groups is 2. The van der Waals surface area contributed by atoms with Crippen LogP contribution < -0.4 is 9.80 Å². The van der Waals surface area contributed by atoms with Gasteiger partial charge < -0.3 is 9.80 Å². The van der Waals surface area contributed by atoms with Crippen molar-refractivity contribution in [2.75, 3.05) is 36.0 Å². The molecule has 10 heteroatoms. The van der Waals surface area contributed by atoms with E-state index < -0.39 is 9.85 Å². The molecular formula is C15H16N6O4. The van der Waals surface area contributed by atoms with Crippen molar-refractivity contribution in [2.24, 2.45) is 0 Å². The highest BCUT2D eigenvalue weighted by Crippen LogP contribution is 2.20. The number of hydrogen-bond donors (Lipinski definition) is 0. The van der Waals surface area contributed by atoms with Crippen LogP contribution in [0.25, 0.3) is 0 Å². The fourth-order valence-corrected chi connectivity index (χ4v) is 2.72. The van der Waals surface area contributed by atoms with Gasteiger partial charge in [-0.15, -0.1) is 0 Å². The van der Waals surface area contributed by atoms with Gasteiger partial charge in [-0.25, -0.2) is 9.97 Å². The maximum atomic E-state index is 10.7. The number of pyridine rings is 2. The van der Waals surface area contributed by atoms with Crippen molar-refractivity contribution in [1.82, 2.24) is 9.97 Å². The van der Waals surface area contributed by atoms with Crippen LogP contribution in [0, 0.1) is 20.2 Å². The van der Waals surface area contributed by atoms with Crippen molar-refractivity contribution < 1.29 is 9.85 Å². The molecule has 0 N–H and O–H groups in total. The van der Waals surface area contributed by atoms with Gasteiger partial charge in [0.2, 0.25) is 0 Å². The summed E-state index contributed by atoms with van der Waals surface area (Å²) in [4.78, 5) is 32.9. The van der Waals surface area contributed by atoms with Crippen LogP contribution in [-0.4, -0.2) is 46.0 Å². The van der Waals surface area contributed by atoms with Crippen molar-refractivity contribution in [3.63, 3.8) is 0 Å². The molecule has 2 aromatic heterocycles. The third-order valence-corrected chi connectivity index (χ3v) is 4.03. The number of anilines is 2. The Balaban J connectivity index is 1.67. The van der Waals surface area contributed by atoms with Crippen LogP contribution in [-0.2, 0) is 0 Å². The molecule has 25 heavy (non-hydrogen) atoms. The summed E-state index contributed by atoms with van der Waals surface area (Å²) < 4.78 is 0. The lowest BCUT2D eigenvalue weighted by molar-refractivity contribution is -0.385. The molecule has 2 aromatic rings. The highest BCUT2D eigenvalue weighted by atomic mass is 16.6. The van der Waals surface area contributed by atoms with Crippen LogP contribution in [0.5, 0.6) is 0 Å². The summed E-state index contributed by atoms with van der Waals surface area (Å²) in [6, 6.07) is 6.20. The summed E-state index contributed by atoms with van der Waals surface area (Å²) in [5.41, 5.74) is -0.0643. The molecule has 3 rings (SSSR count). The minimum atomic E-state index is -0.471. The lowest BCUT2D eigenvalue weighted by Crippen LogP contribution is -2.31. The second-order valence-electron chi connectivity index (χ2n) is 5.59. The average Bonchev–Trinajstić information content (AvgIpc) is 2.88. The first-order chi connectivity index (χ1) is 12.0. The maximum absolute atomic E-state index is 10.7. The molecule has 10 nitrogen and oxygen atoms in total. The molecule has 1 aliphatic heterocycles. The first kappa shape index (κ1) is 16.6. The Morgan fingerprint density at radius 2 is 1.20 bits per heavy atom. The van der Waals surface area contributed by atoms with Crippen LogP contribution in [0.2, 0.25) is 0 Å². The second kappa shape index (κ2) is 7.07. The van der Waals surface area contributed by atoms with E-state index in [1.165, 1.54) is 24.5 Å². The van der Waals surface area contributed by atoms with Gasteiger partial charge in [-0.1, -0.05) is 0 Å². The number of nitrogens with zero attached hydrogens (tertiary/aromatic N) is 6. The van der Waals surface area contributed by atoms with E-state index in [2.05, 4.69) is 19.8 Å². The van der Waals surface area contributed by atoms with E-state index >= 15 is 0 Å². The molecule has 0 radical (unpaired) electrons. The molecule has 0 aliphatic carbocycles. The molecule has 1 fully saturated rings. The standard InChI is InChI=1S/C15H16N6O4/c22-20(23)12-2-4-14(16-10-12)18-6-1-7-19(9-8-18)15-5-3-13(11-17-15)21(24)25/h2-5,10-11H,1,6-9H2. The Kier molecular flexibility index (Phi) is 4.68. The monoisotopic (exact) mass is 344 g/mol. The van der Waals surface area contributed by atoms with Gasteiger partial charge in [0.05, 0.1) is 9.85 Å². The molecule has 0 amide bonds. The fraction of sp³-hybridized carbons (Fsp3) is 0.333. The van der Waals surface area contributed by atoms with E-state index in [9.17, 15) is 20.2 Å². The quantitative estimate of drug-likeness (QED) is 0.610. The zero-order valence-corrected chi connectivity index (χ0v) is 13.3. The number of rotatable bonds is 4. The molecule has 130 valence electrons. The second-order valence-corrected chi connectivity index (χ2v) is 5.59. The van der Waals surface area contributed by atoms with Crippen LogP contribution in [0.15, 0.2) is 36.7 Å². The first-order valence-corrected chi connectivity index (χ1v) is 7.75. The smallest absolute Gasteiger partial charge is 0.287 e. The van der Waals surface area contributed by atoms with Crippen molar-refractivity contribution in [3.8, 4) is 0 Å². The number of aromatic nitrogens is 2. The third-order valence-electron chi connectivity index (χ3n) is 4.03. The van der Waals surface area contributed by atoms with Gasteiger partial charge in [0.15, 0.2) is 0 Å². The predicted octanol–water partition coefficient (Wildman–Crippen LogP) is 2.01. The zero-order valence-electron chi connectivity index (χ0n) is 13.3. The highest BCUT2D eigenvalue weighted by Gasteiger charge is 2.18. The Bertz CT molecular complexity index is 699. The molecule has 1 saturated heterocycles. The molecule has 0 spiro atoms. The van der Waals surface area contributed by atoms with Crippen LogP contribution in [0.3, 0.4) is 0 Å². The predicted molar refractivity (Wildman–Crippen MR) is 90.8 cm³/mol. The Morgan fingerprint density at radius 3 is 1.52 bits per heavy atom. The Labute approximate surface area is 143 Å². The van der Waals surface area contributed by atoms with Gasteiger partial charge in [0.25, 0.3) is 11.4 Å². The van der Waals surface area contributed by atoms with Gasteiger partial charge in [-0.05, 0) is 18.6 Å². The van der Waals surface area contributed by atoms with Crippen LogP contribution in [0.1, 0.15) is 6.42 Å². The van der Waals surface area contributed by atoms with Gasteiger partial charge in [0, 0.05) is 38.3 Å². The van der Waals surface area contributed by atoms with Crippen LogP contribution >= 0.6 is 0 Å². The summed E-state index contributed by atoms with van der Waals surface area (Å²) in [5.74, 6) is 1.40. The molecule has 0 unspecified atom stereocenters. The largest absolute Gasteiger partial charge is 0.355 e. The maximum Gasteiger partial charge on any atom is 0.287 e. The summed E-state index contributed by atoms with van der Waals surface area (Å²) in [6.07, 6.45) is 3.38. The van der Waals surface area contributed by atoms with Crippen molar-refractivity contribution in [1.29, 1.82) is 0 Å². The minimum absolute atomic E-state index is 0.0321. The summed E-state index contributed by atoms with van der Waals surface area (Å²) in [5, 5.41) is 21.4. The van der Waals surface area contributed by atoms with Crippen molar-refractivity contribution in [2.45, 2.75) is 6.42 Å². The van der Waals surface area contributed by atoms with Gasteiger partial charge >= 0.3 is 0 Å². The summed E-state index contributed by atoms with van der Waals surface area (Å²) in [7, 11) is 0. The molecule has 0 saturated carbocycles. The van der Waals surface area contributed by atoms with E-state index in [-0.39, 0.29) is 11.4 Å². The third kappa shape index (κ3) is 3.79. The molecule has 0 aromatic carbocycles. The summed E-state index contributed by atoms with van der Waals surface area (Å²) in [6.45, 7) is 2.91. The summed E-state index contributed by atoms with van der Waals surface area (Å²) >= 11 is 0. The lowest BCUT2D eigenvalue weighted by Gasteiger charge is -2.23. The van der Waals surface area contributed by atoms with E-state index in [1.807, 2.05) is 0 Å². The van der Waals surface area contributed by atoms with Crippen LogP contribution in [0.4, 0.5) is 23.0 Å². The first-order valence-electron chi connectivity index (χ1n) is 7.75. The van der Waals surface area contributed by atoms with Crippen molar-refractivity contribution in [3.05, 3.63) is 56.9 Å². The molecule has 1 aliphatic rings. The zero-order chi connectivity index (χ0) is 17.8. The topological polar surface area (TPSA) is 119 Å². The molecule has 0 bridgehead atoms. The van der Waals surface area contributed by atoms with Gasteiger partial charge in [-0.3, -0.25) is 20.2 Å². The molecule has 3 heterocycles. The molecule has 0 atom stereocenters. The van der Waals surface area contributed by atoms with E-state index in [0.29, 0.717) is 24.7 Å². The van der Waals surface area contributed by atoms with Gasteiger partial charge in [0.1, 0.15) is 24.0 Å². The van der Waals surface area contributed by atoms with E-state index in [0.717, 1.165) is 19.5 Å². The number of hydrogen-bond acceptors (Lipinski definition) is 8.